The van der Waals surface area contributed by atoms with Gasteiger partial charge in [0.1, 0.15) is 18.0 Å². The number of nitrogens with two attached hydrogens (primary N) is 1. The van der Waals surface area contributed by atoms with Crippen molar-refractivity contribution in [1.82, 2.24) is 0 Å². The van der Waals surface area contributed by atoms with Gasteiger partial charge in [0.25, 0.3) is 0 Å². The van der Waals surface area contributed by atoms with Gasteiger partial charge in [-0.2, -0.15) is 0 Å². The van der Waals surface area contributed by atoms with Gasteiger partial charge < -0.3 is 19.7 Å². The van der Waals surface area contributed by atoms with Gasteiger partial charge in [-0.15, -0.1) is 0 Å². The van der Waals surface area contributed by atoms with Crippen molar-refractivity contribution in [2.45, 2.75) is 25.7 Å². The topological polar surface area (TPSA) is 76.8 Å². The third kappa shape index (κ3) is 2.21. The molecule has 0 saturated carbocycles. The van der Waals surface area contributed by atoms with Gasteiger partial charge in [0.05, 0.1) is 24.4 Å². The Morgan fingerprint density at radius 2 is 2.43 bits per heavy atom. The maximum Gasteiger partial charge on any atom is 0.338 e. The summed E-state index contributed by atoms with van der Waals surface area (Å²) in [5.41, 5.74) is 8.38. The molecule has 2 aliphatic rings. The SMILES string of the molecule is C/C=C/CC1COc2cc(C(=O)OC)cc3c2N1C(N)N3. The number of hydrogen-bond donors (Lipinski definition) is 2. The van der Waals surface area contributed by atoms with Crippen molar-refractivity contribution in [1.29, 1.82) is 0 Å². The Hall–Kier alpha value is -2.21. The summed E-state index contributed by atoms with van der Waals surface area (Å²) in [7, 11) is 1.36. The summed E-state index contributed by atoms with van der Waals surface area (Å²) in [6, 6.07) is 3.65. The first-order chi connectivity index (χ1) is 10.2. The second-order valence-electron chi connectivity index (χ2n) is 5.13. The Balaban J connectivity index is 2.00. The molecule has 21 heavy (non-hydrogen) atoms. The summed E-state index contributed by atoms with van der Waals surface area (Å²) in [6.45, 7) is 2.53. The molecule has 1 aromatic rings. The Morgan fingerprint density at radius 3 is 3.14 bits per heavy atom. The fraction of sp³-hybridized carbons (Fsp3) is 0.400. The lowest BCUT2D eigenvalue weighted by Crippen LogP contribution is -2.52. The van der Waals surface area contributed by atoms with Crippen LogP contribution in [-0.4, -0.2) is 32.0 Å². The normalized spacial score (nSPS) is 22.7. The molecule has 6 heteroatoms. The molecule has 0 bridgehead atoms. The number of benzene rings is 1. The van der Waals surface area contributed by atoms with Crippen LogP contribution in [0.4, 0.5) is 11.4 Å². The first kappa shape index (κ1) is 13.8. The van der Waals surface area contributed by atoms with E-state index in [1.807, 2.05) is 13.0 Å². The molecule has 2 heterocycles. The quantitative estimate of drug-likeness (QED) is 0.651. The van der Waals surface area contributed by atoms with Crippen LogP contribution in [0.2, 0.25) is 0 Å². The molecule has 3 rings (SSSR count). The van der Waals surface area contributed by atoms with Crippen LogP contribution in [-0.2, 0) is 4.74 Å². The Labute approximate surface area is 123 Å². The molecular formula is C15H19N3O3. The zero-order chi connectivity index (χ0) is 15.0. The molecule has 0 aliphatic carbocycles. The van der Waals surface area contributed by atoms with Crippen molar-refractivity contribution < 1.29 is 14.3 Å². The maximum atomic E-state index is 11.7. The number of rotatable bonds is 3. The monoisotopic (exact) mass is 289 g/mol. The lowest BCUT2D eigenvalue weighted by molar-refractivity contribution is 0.0600. The number of ether oxygens (including phenoxy) is 2. The molecule has 6 nitrogen and oxygen atoms in total. The van der Waals surface area contributed by atoms with Gasteiger partial charge in [0, 0.05) is 0 Å². The number of nitrogens with one attached hydrogen (secondary N) is 1. The average molecular weight is 289 g/mol. The van der Waals surface area contributed by atoms with Crippen LogP contribution in [0.1, 0.15) is 23.7 Å². The van der Waals surface area contributed by atoms with E-state index in [1.165, 1.54) is 7.11 Å². The lowest BCUT2D eigenvalue weighted by Gasteiger charge is -2.37. The van der Waals surface area contributed by atoms with Crippen LogP contribution in [0.25, 0.3) is 0 Å². The van der Waals surface area contributed by atoms with Crippen molar-refractivity contribution in [2.24, 2.45) is 5.73 Å². The largest absolute Gasteiger partial charge is 0.489 e. The van der Waals surface area contributed by atoms with Gasteiger partial charge in [0.15, 0.2) is 6.29 Å². The van der Waals surface area contributed by atoms with Crippen molar-refractivity contribution >= 4 is 17.3 Å². The summed E-state index contributed by atoms with van der Waals surface area (Å²) in [5, 5.41) is 3.20. The van der Waals surface area contributed by atoms with Crippen molar-refractivity contribution in [3.63, 3.8) is 0 Å². The number of allylic oxidation sites excluding steroid dienone is 1. The number of carbonyl (C=O) groups excluding carboxylic acids is 1. The third-order valence-electron chi connectivity index (χ3n) is 3.83. The fourth-order valence-electron chi connectivity index (χ4n) is 2.85. The Bertz CT molecular complexity index is 600. The smallest absolute Gasteiger partial charge is 0.338 e. The Kier molecular flexibility index (Phi) is 3.47. The third-order valence-corrected chi connectivity index (χ3v) is 3.83. The number of carbonyl (C=O) groups is 1. The first-order valence-electron chi connectivity index (χ1n) is 6.96. The first-order valence-corrected chi connectivity index (χ1v) is 6.96. The molecule has 0 amide bonds. The molecule has 0 fully saturated rings. The Morgan fingerprint density at radius 1 is 1.62 bits per heavy atom. The number of hydrogen-bond acceptors (Lipinski definition) is 6. The van der Waals surface area contributed by atoms with E-state index in [0.29, 0.717) is 17.9 Å². The van der Waals surface area contributed by atoms with Crippen LogP contribution in [0.5, 0.6) is 5.75 Å². The summed E-state index contributed by atoms with van der Waals surface area (Å²) in [4.78, 5) is 13.8. The molecule has 0 saturated heterocycles. The van der Waals surface area contributed by atoms with Crippen LogP contribution in [0.15, 0.2) is 24.3 Å². The molecule has 2 unspecified atom stereocenters. The highest BCUT2D eigenvalue weighted by Gasteiger charge is 2.38. The van der Waals surface area contributed by atoms with Crippen molar-refractivity contribution in [3.05, 3.63) is 29.8 Å². The standard InChI is InChI=1S/C15H19N3O3/c1-3-4-5-10-8-21-12-7-9(14(19)20-2)6-11-13(12)18(10)15(16)17-11/h3-4,6-7,10,15,17H,5,8,16H2,1-2H3/b4-3+. The lowest BCUT2D eigenvalue weighted by atomic mass is 10.1. The van der Waals surface area contributed by atoms with E-state index in [4.69, 9.17) is 15.2 Å². The van der Waals surface area contributed by atoms with Gasteiger partial charge >= 0.3 is 5.97 Å². The number of esters is 1. The van der Waals surface area contributed by atoms with E-state index in [0.717, 1.165) is 17.8 Å². The highest BCUT2D eigenvalue weighted by atomic mass is 16.5. The minimum Gasteiger partial charge on any atom is -0.489 e. The zero-order valence-electron chi connectivity index (χ0n) is 12.1. The predicted octanol–water partition coefficient (Wildman–Crippen LogP) is 1.67. The zero-order valence-corrected chi connectivity index (χ0v) is 12.1. The molecule has 0 radical (unpaired) electrons. The summed E-state index contributed by atoms with van der Waals surface area (Å²) in [5.74, 6) is 0.285. The van der Waals surface area contributed by atoms with E-state index in [-0.39, 0.29) is 18.3 Å². The number of nitrogens with zero attached hydrogens (tertiary/aromatic N) is 1. The number of anilines is 2. The van der Waals surface area contributed by atoms with E-state index >= 15 is 0 Å². The fourth-order valence-corrected chi connectivity index (χ4v) is 2.85. The van der Waals surface area contributed by atoms with Crippen molar-refractivity contribution in [3.8, 4) is 5.75 Å². The average Bonchev–Trinajstić information content (AvgIpc) is 2.83. The molecule has 112 valence electrons. The summed E-state index contributed by atoms with van der Waals surface area (Å²) >= 11 is 0. The molecule has 2 atom stereocenters. The van der Waals surface area contributed by atoms with E-state index < -0.39 is 0 Å². The summed E-state index contributed by atoms with van der Waals surface area (Å²) in [6.07, 6.45) is 4.67. The van der Waals surface area contributed by atoms with Gasteiger partial charge in [-0.3, -0.25) is 5.73 Å². The predicted molar refractivity (Wildman–Crippen MR) is 80.6 cm³/mol. The van der Waals surface area contributed by atoms with Gasteiger partial charge in [-0.25, -0.2) is 4.79 Å². The number of methoxy groups -OCH3 is 1. The molecule has 0 spiro atoms. The molecule has 3 N–H and O–H groups in total. The van der Waals surface area contributed by atoms with Crippen LogP contribution in [0.3, 0.4) is 0 Å². The van der Waals surface area contributed by atoms with Gasteiger partial charge in [-0.1, -0.05) is 12.2 Å². The molecular weight excluding hydrogens is 270 g/mol. The van der Waals surface area contributed by atoms with Gasteiger partial charge in [-0.05, 0) is 25.5 Å². The minimum atomic E-state index is -0.387. The van der Waals surface area contributed by atoms with E-state index in [1.54, 1.807) is 12.1 Å². The van der Waals surface area contributed by atoms with Crippen LogP contribution < -0.4 is 20.7 Å². The van der Waals surface area contributed by atoms with Gasteiger partial charge in [0.2, 0.25) is 0 Å². The molecule has 0 aromatic heterocycles. The second-order valence-corrected chi connectivity index (χ2v) is 5.13. The van der Waals surface area contributed by atoms with Crippen LogP contribution >= 0.6 is 0 Å². The van der Waals surface area contributed by atoms with E-state index in [2.05, 4.69) is 16.3 Å². The molecule has 1 aromatic carbocycles. The maximum absolute atomic E-state index is 11.7. The second kappa shape index (κ2) is 5.29. The highest BCUT2D eigenvalue weighted by molar-refractivity contribution is 5.95. The van der Waals surface area contributed by atoms with E-state index in [9.17, 15) is 4.79 Å². The minimum absolute atomic E-state index is 0.182. The highest BCUT2D eigenvalue weighted by Crippen LogP contribution is 2.46. The summed E-state index contributed by atoms with van der Waals surface area (Å²) < 4.78 is 10.6. The molecule has 2 aliphatic heterocycles. The van der Waals surface area contributed by atoms with Crippen LogP contribution in [0, 0.1) is 0 Å². The van der Waals surface area contributed by atoms with Crippen molar-refractivity contribution in [2.75, 3.05) is 23.9 Å².